The van der Waals surface area contributed by atoms with Crippen LogP contribution in [0.15, 0.2) is 17.5 Å². The molecule has 0 aliphatic carbocycles. The standard InChI is InChI=1S/C11H23NSi/c1-8-9(13(5,6)7)10(12)11(2,3)4/h10H,1,12H2,2-7H3/t10-/m0/s1. The van der Waals surface area contributed by atoms with Crippen LogP contribution in [-0.2, 0) is 0 Å². The van der Waals surface area contributed by atoms with Gasteiger partial charge in [-0.25, -0.2) is 0 Å². The predicted molar refractivity (Wildman–Crippen MR) is 63.4 cm³/mol. The van der Waals surface area contributed by atoms with Crippen molar-refractivity contribution in [3.05, 3.63) is 17.5 Å². The summed E-state index contributed by atoms with van der Waals surface area (Å²) in [6.45, 7) is 17.1. The molecule has 0 bridgehead atoms. The van der Waals surface area contributed by atoms with Crippen molar-refractivity contribution in [1.29, 1.82) is 0 Å². The minimum Gasteiger partial charge on any atom is -0.324 e. The Morgan fingerprint density at radius 2 is 1.69 bits per heavy atom. The molecule has 0 radical (unpaired) electrons. The summed E-state index contributed by atoms with van der Waals surface area (Å²) in [4.78, 5) is 0. The fourth-order valence-corrected chi connectivity index (χ4v) is 3.17. The van der Waals surface area contributed by atoms with Crippen LogP contribution in [0.5, 0.6) is 0 Å². The van der Waals surface area contributed by atoms with E-state index in [1.165, 1.54) is 5.20 Å². The van der Waals surface area contributed by atoms with Gasteiger partial charge in [-0.3, -0.25) is 0 Å². The Kier molecular flexibility index (Phi) is 3.74. The van der Waals surface area contributed by atoms with E-state index < -0.39 is 8.07 Å². The summed E-state index contributed by atoms with van der Waals surface area (Å²) >= 11 is 0. The third-order valence-electron chi connectivity index (χ3n) is 2.24. The fourth-order valence-electron chi connectivity index (χ4n) is 1.27. The first-order chi connectivity index (χ1) is 5.60. The van der Waals surface area contributed by atoms with Crippen molar-refractivity contribution in [3.63, 3.8) is 0 Å². The van der Waals surface area contributed by atoms with Gasteiger partial charge in [0, 0.05) is 6.04 Å². The van der Waals surface area contributed by atoms with Crippen LogP contribution in [0.1, 0.15) is 20.8 Å². The molecule has 0 aliphatic heterocycles. The molecule has 0 fully saturated rings. The Hall–Kier alpha value is -0.303. The van der Waals surface area contributed by atoms with Crippen LogP contribution in [-0.4, -0.2) is 14.1 Å². The second-order valence-electron chi connectivity index (χ2n) is 5.68. The summed E-state index contributed by atoms with van der Waals surface area (Å²) in [7, 11) is -1.34. The molecule has 1 atom stereocenters. The van der Waals surface area contributed by atoms with E-state index in [9.17, 15) is 0 Å². The molecule has 0 unspecified atom stereocenters. The average Bonchev–Trinajstić information content (AvgIpc) is 1.83. The number of rotatable bonds is 2. The Morgan fingerprint density at radius 1 is 1.31 bits per heavy atom. The summed E-state index contributed by atoms with van der Waals surface area (Å²) in [5.74, 6) is 0. The first kappa shape index (κ1) is 12.7. The first-order valence-corrected chi connectivity index (χ1v) is 8.26. The second kappa shape index (κ2) is 3.83. The Bertz CT molecular complexity index is 223. The average molecular weight is 197 g/mol. The van der Waals surface area contributed by atoms with Gasteiger partial charge in [0.05, 0.1) is 8.07 Å². The highest BCUT2D eigenvalue weighted by molar-refractivity contribution is 6.83. The minimum atomic E-state index is -1.34. The molecular formula is C11H23NSi. The fraction of sp³-hybridized carbons (Fsp3) is 0.727. The predicted octanol–water partition coefficient (Wildman–Crippen LogP) is 2.95. The van der Waals surface area contributed by atoms with Crippen LogP contribution in [0.2, 0.25) is 19.6 Å². The van der Waals surface area contributed by atoms with Gasteiger partial charge in [-0.2, -0.15) is 0 Å². The molecule has 0 heterocycles. The molecule has 0 saturated carbocycles. The maximum Gasteiger partial charge on any atom is 0.0844 e. The molecule has 0 rings (SSSR count). The molecule has 13 heavy (non-hydrogen) atoms. The highest BCUT2D eigenvalue weighted by Gasteiger charge is 2.31. The van der Waals surface area contributed by atoms with Gasteiger partial charge in [0.1, 0.15) is 0 Å². The van der Waals surface area contributed by atoms with E-state index in [1.807, 2.05) is 0 Å². The lowest BCUT2D eigenvalue weighted by Gasteiger charge is -2.33. The lowest BCUT2D eigenvalue weighted by Crippen LogP contribution is -2.44. The maximum absolute atomic E-state index is 6.19. The van der Waals surface area contributed by atoms with Crippen molar-refractivity contribution in [2.45, 2.75) is 46.5 Å². The van der Waals surface area contributed by atoms with Crippen molar-refractivity contribution in [3.8, 4) is 0 Å². The zero-order chi connectivity index (χ0) is 10.9. The monoisotopic (exact) mass is 197 g/mol. The third-order valence-corrected chi connectivity index (χ3v) is 4.35. The Morgan fingerprint density at radius 3 is 1.77 bits per heavy atom. The number of hydrogen-bond donors (Lipinski definition) is 1. The SMILES string of the molecule is C=C=C([C@H](N)C(C)(C)C)[Si](C)(C)C. The molecule has 0 aromatic carbocycles. The highest BCUT2D eigenvalue weighted by atomic mass is 28.3. The summed E-state index contributed by atoms with van der Waals surface area (Å²) in [6.07, 6.45) is 0. The highest BCUT2D eigenvalue weighted by Crippen LogP contribution is 2.27. The van der Waals surface area contributed by atoms with Crippen LogP contribution in [0.4, 0.5) is 0 Å². The molecule has 0 aliphatic rings. The molecule has 1 nitrogen and oxygen atoms in total. The van der Waals surface area contributed by atoms with E-state index in [0.29, 0.717) is 0 Å². The maximum atomic E-state index is 6.19. The molecule has 0 amide bonds. The zero-order valence-electron chi connectivity index (χ0n) is 9.86. The van der Waals surface area contributed by atoms with E-state index in [4.69, 9.17) is 5.73 Å². The number of nitrogens with two attached hydrogens (primary N) is 1. The Balaban J connectivity index is 4.96. The molecule has 76 valence electrons. The Labute approximate surface area is 83.7 Å². The van der Waals surface area contributed by atoms with Crippen LogP contribution < -0.4 is 5.73 Å². The van der Waals surface area contributed by atoms with Crippen molar-refractivity contribution in [2.24, 2.45) is 11.1 Å². The summed E-state index contributed by atoms with van der Waals surface area (Å²) < 4.78 is 0. The molecular weight excluding hydrogens is 174 g/mol. The van der Waals surface area contributed by atoms with Crippen LogP contribution in [0.3, 0.4) is 0 Å². The van der Waals surface area contributed by atoms with Gasteiger partial charge < -0.3 is 5.73 Å². The van der Waals surface area contributed by atoms with Crippen molar-refractivity contribution in [2.75, 3.05) is 0 Å². The quantitative estimate of drug-likeness (QED) is 0.534. The molecule has 2 N–H and O–H groups in total. The molecule has 0 aromatic heterocycles. The van der Waals surface area contributed by atoms with Gasteiger partial charge in [0.15, 0.2) is 0 Å². The van der Waals surface area contributed by atoms with Gasteiger partial charge in [0.25, 0.3) is 0 Å². The van der Waals surface area contributed by atoms with E-state index in [0.717, 1.165) is 0 Å². The third kappa shape index (κ3) is 3.51. The topological polar surface area (TPSA) is 26.0 Å². The van der Waals surface area contributed by atoms with E-state index >= 15 is 0 Å². The molecule has 2 heteroatoms. The van der Waals surface area contributed by atoms with Crippen LogP contribution in [0.25, 0.3) is 0 Å². The minimum absolute atomic E-state index is 0.0941. The van der Waals surface area contributed by atoms with E-state index in [2.05, 4.69) is 52.7 Å². The van der Waals surface area contributed by atoms with Crippen molar-refractivity contribution in [1.82, 2.24) is 0 Å². The summed E-state index contributed by atoms with van der Waals surface area (Å²) in [6, 6.07) is 0.0941. The van der Waals surface area contributed by atoms with Gasteiger partial charge in [-0.15, -0.1) is 5.73 Å². The van der Waals surface area contributed by atoms with Gasteiger partial charge in [-0.1, -0.05) is 47.0 Å². The normalized spacial score (nSPS) is 15.0. The van der Waals surface area contributed by atoms with E-state index in [-0.39, 0.29) is 11.5 Å². The zero-order valence-corrected chi connectivity index (χ0v) is 10.9. The van der Waals surface area contributed by atoms with Gasteiger partial charge in [0.2, 0.25) is 0 Å². The van der Waals surface area contributed by atoms with Gasteiger partial charge >= 0.3 is 0 Å². The molecule has 0 spiro atoms. The van der Waals surface area contributed by atoms with Crippen molar-refractivity contribution >= 4 is 8.07 Å². The molecule has 0 saturated heterocycles. The van der Waals surface area contributed by atoms with Crippen LogP contribution in [0, 0.1) is 5.41 Å². The summed E-state index contributed by atoms with van der Waals surface area (Å²) in [5, 5.41) is 1.25. The molecule has 0 aromatic rings. The van der Waals surface area contributed by atoms with Crippen molar-refractivity contribution < 1.29 is 0 Å². The lowest BCUT2D eigenvalue weighted by molar-refractivity contribution is 0.360. The lowest BCUT2D eigenvalue weighted by atomic mass is 9.87. The van der Waals surface area contributed by atoms with Crippen LogP contribution >= 0.6 is 0 Å². The largest absolute Gasteiger partial charge is 0.324 e. The van der Waals surface area contributed by atoms with E-state index in [1.54, 1.807) is 0 Å². The smallest absolute Gasteiger partial charge is 0.0844 e. The van der Waals surface area contributed by atoms with Gasteiger partial charge in [-0.05, 0) is 10.6 Å². The summed E-state index contributed by atoms with van der Waals surface area (Å²) in [5.41, 5.74) is 9.35. The first-order valence-electron chi connectivity index (χ1n) is 4.76. The number of hydrogen-bond acceptors (Lipinski definition) is 1. The second-order valence-corrected chi connectivity index (χ2v) is 10.7.